The zero-order valence-electron chi connectivity index (χ0n) is 19.9. The van der Waals surface area contributed by atoms with Crippen molar-refractivity contribution in [2.24, 2.45) is 0 Å². The summed E-state index contributed by atoms with van der Waals surface area (Å²) in [6.07, 6.45) is 4.72. The molecule has 6 heteroatoms. The largest absolute Gasteiger partial charge is 0.353 e. The minimum absolute atomic E-state index is 0.0162. The SMILES string of the molecule is CCN(C(=O)Cn1c(CCCNC(=O)/C=C\c2ccccc2)nc2ccccc21)c1ccccc1. The van der Waals surface area contributed by atoms with Gasteiger partial charge in [-0.05, 0) is 49.2 Å². The molecule has 0 atom stereocenters. The van der Waals surface area contributed by atoms with E-state index in [9.17, 15) is 9.59 Å². The van der Waals surface area contributed by atoms with Gasteiger partial charge in [-0.1, -0.05) is 60.7 Å². The second-order valence-corrected chi connectivity index (χ2v) is 8.22. The van der Waals surface area contributed by atoms with E-state index in [1.807, 2.05) is 96.4 Å². The van der Waals surface area contributed by atoms with Gasteiger partial charge in [0.15, 0.2) is 0 Å². The number of likely N-dealkylation sites (N-methyl/N-ethyl adjacent to an activating group) is 1. The molecule has 1 heterocycles. The first-order valence-electron chi connectivity index (χ1n) is 12.0. The van der Waals surface area contributed by atoms with Crippen molar-refractivity contribution in [1.29, 1.82) is 0 Å². The van der Waals surface area contributed by atoms with Crippen LogP contribution in [0.15, 0.2) is 91.0 Å². The minimum Gasteiger partial charge on any atom is -0.353 e. The summed E-state index contributed by atoms with van der Waals surface area (Å²) >= 11 is 0. The van der Waals surface area contributed by atoms with Crippen LogP contribution in [0, 0.1) is 0 Å². The van der Waals surface area contributed by atoms with Crippen LogP contribution in [-0.4, -0.2) is 34.5 Å². The van der Waals surface area contributed by atoms with Crippen molar-refractivity contribution in [3.63, 3.8) is 0 Å². The van der Waals surface area contributed by atoms with Crippen LogP contribution >= 0.6 is 0 Å². The molecule has 4 aromatic rings. The lowest BCUT2D eigenvalue weighted by Crippen LogP contribution is -2.34. The summed E-state index contributed by atoms with van der Waals surface area (Å²) in [5.41, 5.74) is 3.68. The average molecular weight is 467 g/mol. The molecule has 2 amide bonds. The van der Waals surface area contributed by atoms with E-state index < -0.39 is 0 Å². The number of hydrogen-bond donors (Lipinski definition) is 1. The van der Waals surface area contributed by atoms with E-state index in [1.165, 1.54) is 0 Å². The Morgan fingerprint density at radius 3 is 2.37 bits per heavy atom. The summed E-state index contributed by atoms with van der Waals surface area (Å²) in [6, 6.07) is 27.3. The Bertz CT molecular complexity index is 1300. The Morgan fingerprint density at radius 2 is 1.63 bits per heavy atom. The molecule has 0 aliphatic carbocycles. The highest BCUT2D eigenvalue weighted by molar-refractivity contribution is 5.94. The zero-order valence-corrected chi connectivity index (χ0v) is 19.9. The molecule has 6 nitrogen and oxygen atoms in total. The molecule has 0 saturated carbocycles. The van der Waals surface area contributed by atoms with Crippen molar-refractivity contribution in [2.75, 3.05) is 18.0 Å². The number of aromatic nitrogens is 2. The van der Waals surface area contributed by atoms with Crippen LogP contribution < -0.4 is 10.2 Å². The fourth-order valence-electron chi connectivity index (χ4n) is 4.08. The standard InChI is InChI=1S/C29H30N4O2/c1-2-32(24-14-7-4-8-15-24)29(35)22-33-26-17-10-9-16-25(26)31-27(33)18-11-21-30-28(34)20-19-23-12-5-3-6-13-23/h3-10,12-17,19-20H,2,11,18,21-22H2,1H3,(H,30,34)/b20-19-. The molecule has 4 rings (SSSR count). The summed E-state index contributed by atoms with van der Waals surface area (Å²) < 4.78 is 2.00. The van der Waals surface area contributed by atoms with Crippen LogP contribution in [-0.2, 0) is 22.6 Å². The molecule has 0 saturated heterocycles. The maximum absolute atomic E-state index is 13.3. The molecule has 0 fully saturated rings. The number of carbonyl (C=O) groups is 2. The molecule has 178 valence electrons. The average Bonchev–Trinajstić information content (AvgIpc) is 3.24. The number of rotatable bonds is 10. The summed E-state index contributed by atoms with van der Waals surface area (Å²) in [5, 5.41) is 2.93. The maximum atomic E-state index is 13.3. The van der Waals surface area contributed by atoms with E-state index in [-0.39, 0.29) is 18.4 Å². The Labute approximate surface area is 205 Å². The quantitative estimate of drug-likeness (QED) is 0.268. The number of fused-ring (bicyclic) bond motifs is 1. The number of imidazole rings is 1. The molecule has 0 aliphatic rings. The Balaban J connectivity index is 1.40. The van der Waals surface area contributed by atoms with Gasteiger partial charge in [-0.3, -0.25) is 9.59 Å². The number of anilines is 1. The summed E-state index contributed by atoms with van der Waals surface area (Å²) in [6.45, 7) is 3.31. The number of benzene rings is 3. The molecular formula is C29H30N4O2. The van der Waals surface area contributed by atoms with Gasteiger partial charge in [0.05, 0.1) is 11.0 Å². The first-order chi connectivity index (χ1) is 17.2. The summed E-state index contributed by atoms with van der Waals surface area (Å²) in [5.74, 6) is 0.735. The molecule has 1 N–H and O–H groups in total. The fraction of sp³-hybridized carbons (Fsp3) is 0.207. The second-order valence-electron chi connectivity index (χ2n) is 8.22. The molecule has 0 unspecified atom stereocenters. The Hall–Kier alpha value is -4.19. The molecule has 3 aromatic carbocycles. The molecule has 0 radical (unpaired) electrons. The third kappa shape index (κ3) is 6.23. The van der Waals surface area contributed by atoms with E-state index in [0.29, 0.717) is 19.5 Å². The van der Waals surface area contributed by atoms with Gasteiger partial charge in [-0.15, -0.1) is 0 Å². The monoisotopic (exact) mass is 466 g/mol. The molecular weight excluding hydrogens is 436 g/mol. The predicted molar refractivity (Wildman–Crippen MR) is 141 cm³/mol. The van der Waals surface area contributed by atoms with Crippen molar-refractivity contribution in [3.05, 3.63) is 102 Å². The topological polar surface area (TPSA) is 67.2 Å². The molecule has 0 aliphatic heterocycles. The van der Waals surface area contributed by atoms with Crippen LogP contribution in [0.3, 0.4) is 0 Å². The molecule has 0 bridgehead atoms. The van der Waals surface area contributed by atoms with Crippen LogP contribution in [0.2, 0.25) is 0 Å². The lowest BCUT2D eigenvalue weighted by atomic mass is 10.2. The number of nitrogens with zero attached hydrogens (tertiary/aromatic N) is 3. The second kappa shape index (κ2) is 11.8. The maximum Gasteiger partial charge on any atom is 0.246 e. The lowest BCUT2D eigenvalue weighted by molar-refractivity contribution is -0.119. The number of para-hydroxylation sites is 3. The van der Waals surface area contributed by atoms with Crippen molar-refractivity contribution < 1.29 is 9.59 Å². The first kappa shape index (κ1) is 24.0. The predicted octanol–water partition coefficient (Wildman–Crippen LogP) is 4.85. The smallest absolute Gasteiger partial charge is 0.246 e. The van der Waals surface area contributed by atoms with Crippen LogP contribution in [0.4, 0.5) is 5.69 Å². The van der Waals surface area contributed by atoms with Crippen LogP contribution in [0.25, 0.3) is 17.1 Å². The van der Waals surface area contributed by atoms with Gasteiger partial charge in [-0.25, -0.2) is 4.98 Å². The number of nitrogens with one attached hydrogen (secondary N) is 1. The lowest BCUT2D eigenvalue weighted by Gasteiger charge is -2.22. The highest BCUT2D eigenvalue weighted by Crippen LogP contribution is 2.19. The van der Waals surface area contributed by atoms with Gasteiger partial charge in [0.25, 0.3) is 0 Å². The van der Waals surface area contributed by atoms with Gasteiger partial charge in [-0.2, -0.15) is 0 Å². The highest BCUT2D eigenvalue weighted by Gasteiger charge is 2.18. The third-order valence-corrected chi connectivity index (χ3v) is 5.82. The number of aryl methyl sites for hydroxylation is 1. The molecule has 0 spiro atoms. The van der Waals surface area contributed by atoms with Crippen molar-refractivity contribution in [1.82, 2.24) is 14.9 Å². The van der Waals surface area contributed by atoms with Gasteiger partial charge in [0.1, 0.15) is 12.4 Å². The fourth-order valence-corrected chi connectivity index (χ4v) is 4.08. The van der Waals surface area contributed by atoms with E-state index >= 15 is 0 Å². The van der Waals surface area contributed by atoms with Gasteiger partial charge < -0.3 is 14.8 Å². The van der Waals surface area contributed by atoms with Gasteiger partial charge >= 0.3 is 0 Å². The molecule has 35 heavy (non-hydrogen) atoms. The zero-order chi connectivity index (χ0) is 24.5. The van der Waals surface area contributed by atoms with E-state index in [0.717, 1.165) is 34.5 Å². The minimum atomic E-state index is -0.126. The number of amides is 2. The van der Waals surface area contributed by atoms with E-state index in [4.69, 9.17) is 4.98 Å². The van der Waals surface area contributed by atoms with Crippen molar-refractivity contribution in [3.8, 4) is 0 Å². The number of carbonyl (C=O) groups excluding carboxylic acids is 2. The van der Waals surface area contributed by atoms with Crippen molar-refractivity contribution >= 4 is 34.6 Å². The van der Waals surface area contributed by atoms with E-state index in [2.05, 4.69) is 5.32 Å². The third-order valence-electron chi connectivity index (χ3n) is 5.82. The van der Waals surface area contributed by atoms with Crippen LogP contribution in [0.1, 0.15) is 24.7 Å². The van der Waals surface area contributed by atoms with E-state index in [1.54, 1.807) is 17.1 Å². The Morgan fingerprint density at radius 1 is 0.943 bits per heavy atom. The highest BCUT2D eigenvalue weighted by atomic mass is 16.2. The summed E-state index contributed by atoms with van der Waals surface area (Å²) in [4.78, 5) is 32.0. The van der Waals surface area contributed by atoms with Gasteiger partial charge in [0, 0.05) is 31.3 Å². The first-order valence-corrected chi connectivity index (χ1v) is 12.0. The molecule has 1 aromatic heterocycles. The van der Waals surface area contributed by atoms with Crippen molar-refractivity contribution in [2.45, 2.75) is 26.3 Å². The normalized spacial score (nSPS) is 11.1. The number of hydrogen-bond acceptors (Lipinski definition) is 3. The van der Waals surface area contributed by atoms with Gasteiger partial charge in [0.2, 0.25) is 11.8 Å². The Kier molecular flexibility index (Phi) is 8.07. The summed E-state index contributed by atoms with van der Waals surface area (Å²) in [7, 11) is 0. The van der Waals surface area contributed by atoms with Crippen LogP contribution in [0.5, 0.6) is 0 Å².